The van der Waals surface area contributed by atoms with Gasteiger partial charge in [0, 0.05) is 29.7 Å². The lowest BCUT2D eigenvalue weighted by Gasteiger charge is -2.29. The lowest BCUT2D eigenvalue weighted by molar-refractivity contribution is -0.145. The van der Waals surface area contributed by atoms with Gasteiger partial charge in [-0.15, -0.1) is 0 Å². The van der Waals surface area contributed by atoms with Crippen LogP contribution in [0.15, 0.2) is 84.9 Å². The van der Waals surface area contributed by atoms with Crippen molar-refractivity contribution in [3.8, 4) is 0 Å². The maximum absolute atomic E-state index is 14.4. The second kappa shape index (κ2) is 12.0. The van der Waals surface area contributed by atoms with E-state index in [9.17, 15) is 24.0 Å². The van der Waals surface area contributed by atoms with Crippen molar-refractivity contribution in [1.82, 2.24) is 20.5 Å². The van der Waals surface area contributed by atoms with Crippen molar-refractivity contribution in [2.45, 2.75) is 50.7 Å². The molecule has 1 aromatic heterocycles. The Morgan fingerprint density at radius 3 is 2.42 bits per heavy atom. The number of rotatable bonds is 9. The number of para-hydroxylation sites is 2. The van der Waals surface area contributed by atoms with Crippen LogP contribution in [0.3, 0.4) is 0 Å². The van der Waals surface area contributed by atoms with Crippen molar-refractivity contribution in [3.05, 3.63) is 102 Å². The van der Waals surface area contributed by atoms with Gasteiger partial charge >= 0.3 is 0 Å². The van der Waals surface area contributed by atoms with Gasteiger partial charge in [0.05, 0.1) is 5.41 Å². The number of H-pyrrole nitrogens is 1. The molecule has 2 aliphatic rings. The van der Waals surface area contributed by atoms with E-state index in [-0.39, 0.29) is 37.8 Å². The van der Waals surface area contributed by atoms with E-state index in [1.807, 2.05) is 74.5 Å². The molecule has 1 spiro atoms. The van der Waals surface area contributed by atoms with E-state index in [0.29, 0.717) is 16.9 Å². The Bertz CT molecular complexity index is 1770. The van der Waals surface area contributed by atoms with Crippen LogP contribution in [0.4, 0.5) is 5.69 Å². The largest absolute Gasteiger partial charge is 0.351 e. The first-order valence-electron chi connectivity index (χ1n) is 15.1. The van der Waals surface area contributed by atoms with Crippen LogP contribution in [0.25, 0.3) is 10.9 Å². The zero-order chi connectivity index (χ0) is 31.7. The number of carbonyl (C=O) groups is 5. The van der Waals surface area contributed by atoms with Crippen molar-refractivity contribution in [3.63, 3.8) is 0 Å². The van der Waals surface area contributed by atoms with Crippen molar-refractivity contribution >= 4 is 46.0 Å². The summed E-state index contributed by atoms with van der Waals surface area (Å²) in [6.07, 6.45) is 0.238. The second-order valence-electron chi connectivity index (χ2n) is 12.2. The molecule has 0 saturated carbocycles. The van der Waals surface area contributed by atoms with Gasteiger partial charge in [0.1, 0.15) is 17.8 Å². The summed E-state index contributed by atoms with van der Waals surface area (Å²) in [5, 5.41) is 9.29. The molecule has 4 N–H and O–H groups in total. The molecule has 10 nitrogen and oxygen atoms in total. The fourth-order valence-corrected chi connectivity index (χ4v) is 6.45. The van der Waals surface area contributed by atoms with Crippen LogP contribution in [0.1, 0.15) is 48.3 Å². The molecule has 4 amide bonds. The molecule has 4 aromatic rings. The molecule has 1 saturated heterocycles. The topological polar surface area (TPSA) is 140 Å². The van der Waals surface area contributed by atoms with Crippen LogP contribution >= 0.6 is 0 Å². The van der Waals surface area contributed by atoms with Crippen LogP contribution in [0, 0.1) is 5.92 Å². The summed E-state index contributed by atoms with van der Waals surface area (Å²) in [4.78, 5) is 72.8. The minimum absolute atomic E-state index is 0.0114. The second-order valence-corrected chi connectivity index (χ2v) is 12.2. The third-order valence-electron chi connectivity index (χ3n) is 8.67. The Balaban J connectivity index is 1.30. The molecule has 1 unspecified atom stereocenters. The third-order valence-corrected chi connectivity index (χ3v) is 8.67. The Morgan fingerprint density at radius 2 is 1.67 bits per heavy atom. The maximum Gasteiger partial charge on any atom is 0.289 e. The number of nitrogens with zero attached hydrogens (tertiary/aromatic N) is 1. The first-order valence-corrected chi connectivity index (χ1v) is 15.1. The fraction of sp³-hybridized carbons (Fsp3) is 0.286. The number of amides is 4. The molecule has 3 aromatic carbocycles. The van der Waals surface area contributed by atoms with E-state index >= 15 is 0 Å². The molecule has 3 atom stereocenters. The zero-order valence-electron chi connectivity index (χ0n) is 25.1. The first-order chi connectivity index (χ1) is 21.7. The molecule has 0 aliphatic carbocycles. The molecule has 230 valence electrons. The number of hydrogen-bond acceptors (Lipinski definition) is 5. The molecular weight excluding hydrogens is 570 g/mol. The van der Waals surface area contributed by atoms with Gasteiger partial charge in [0.15, 0.2) is 0 Å². The number of hydrogen-bond donors (Lipinski definition) is 4. The summed E-state index contributed by atoms with van der Waals surface area (Å²) in [6, 6.07) is 23.4. The Kier molecular flexibility index (Phi) is 7.97. The average molecular weight is 606 g/mol. The summed E-state index contributed by atoms with van der Waals surface area (Å²) in [6.45, 7) is 3.90. The third kappa shape index (κ3) is 5.71. The molecule has 1 fully saturated rings. The predicted octanol–water partition coefficient (Wildman–Crippen LogP) is 3.69. The highest BCUT2D eigenvalue weighted by atomic mass is 16.2. The summed E-state index contributed by atoms with van der Waals surface area (Å²) < 4.78 is 0. The number of fused-ring (bicyclic) bond motifs is 3. The Hall–Kier alpha value is -5.25. The number of carbonyl (C=O) groups excluding carboxylic acids is 5. The van der Waals surface area contributed by atoms with E-state index in [2.05, 4.69) is 20.9 Å². The van der Waals surface area contributed by atoms with Gasteiger partial charge in [-0.1, -0.05) is 80.6 Å². The standard InChI is InChI=1S/C35H35N5O5/c1-21(2)16-28(38-31(42)27-17-23-12-6-8-14-25(23)37-27)33(44)40-20-35(24-13-7-9-15-26(24)39-34(35)45)18-29(40)30(41)32(43)36-19-22-10-4-3-5-11-22/h3-15,17,21,28-29,37H,16,18-20H2,1-2H3,(H,36,43)(H,38,42)(H,39,45)/t28-,29?,35-/m0/s1. The molecule has 6 rings (SSSR count). The lowest BCUT2D eigenvalue weighted by atomic mass is 9.79. The van der Waals surface area contributed by atoms with E-state index in [0.717, 1.165) is 16.5 Å². The number of ketones is 1. The highest BCUT2D eigenvalue weighted by molar-refractivity contribution is 6.38. The number of aromatic nitrogens is 1. The van der Waals surface area contributed by atoms with Crippen molar-refractivity contribution < 1.29 is 24.0 Å². The molecule has 0 bridgehead atoms. The van der Waals surface area contributed by atoms with Crippen LogP contribution < -0.4 is 16.0 Å². The fourth-order valence-electron chi connectivity index (χ4n) is 6.45. The summed E-state index contributed by atoms with van der Waals surface area (Å²) in [7, 11) is 0. The summed E-state index contributed by atoms with van der Waals surface area (Å²) >= 11 is 0. The van der Waals surface area contributed by atoms with Gasteiger partial charge in [-0.3, -0.25) is 24.0 Å². The van der Waals surface area contributed by atoms with Gasteiger partial charge in [-0.05, 0) is 48.1 Å². The van der Waals surface area contributed by atoms with E-state index in [4.69, 9.17) is 0 Å². The van der Waals surface area contributed by atoms with Crippen molar-refractivity contribution in [1.29, 1.82) is 0 Å². The van der Waals surface area contributed by atoms with E-state index in [1.54, 1.807) is 24.3 Å². The number of anilines is 1. The van der Waals surface area contributed by atoms with Crippen LogP contribution in [0.5, 0.6) is 0 Å². The predicted molar refractivity (Wildman–Crippen MR) is 169 cm³/mol. The van der Waals surface area contributed by atoms with Gasteiger partial charge < -0.3 is 25.8 Å². The number of nitrogens with one attached hydrogen (secondary N) is 4. The number of likely N-dealkylation sites (tertiary alicyclic amines) is 1. The first kappa shape index (κ1) is 29.8. The lowest BCUT2D eigenvalue weighted by Crippen LogP contribution is -2.54. The van der Waals surface area contributed by atoms with Crippen molar-refractivity contribution in [2.24, 2.45) is 5.92 Å². The minimum Gasteiger partial charge on any atom is -0.351 e. The minimum atomic E-state index is -1.21. The summed E-state index contributed by atoms with van der Waals surface area (Å²) in [5.41, 5.74) is 1.98. The van der Waals surface area contributed by atoms with Crippen molar-refractivity contribution in [2.75, 3.05) is 11.9 Å². The molecular formula is C35H35N5O5. The Morgan fingerprint density at radius 1 is 0.956 bits per heavy atom. The van der Waals surface area contributed by atoms with Crippen LogP contribution in [-0.4, -0.2) is 57.9 Å². The number of benzene rings is 3. The molecule has 2 aliphatic heterocycles. The highest BCUT2D eigenvalue weighted by Gasteiger charge is 2.58. The SMILES string of the molecule is CC(C)C[C@H](NC(=O)c1cc2ccccc2[nH]1)C(=O)N1C[C@]2(CC1C(=O)C(=O)NCc1ccccc1)C(=O)Nc1ccccc12. The number of Topliss-reactive ketones (excluding diaryl/α,β-unsaturated/α-hetero) is 1. The van der Waals surface area contributed by atoms with Gasteiger partial charge in [0.25, 0.3) is 11.8 Å². The van der Waals surface area contributed by atoms with Gasteiger partial charge in [0.2, 0.25) is 17.6 Å². The van der Waals surface area contributed by atoms with Crippen LogP contribution in [-0.2, 0) is 31.1 Å². The van der Waals surface area contributed by atoms with Crippen LogP contribution in [0.2, 0.25) is 0 Å². The van der Waals surface area contributed by atoms with Gasteiger partial charge in [-0.2, -0.15) is 0 Å². The highest BCUT2D eigenvalue weighted by Crippen LogP contribution is 2.46. The molecule has 0 radical (unpaired) electrons. The monoisotopic (exact) mass is 605 g/mol. The quantitative estimate of drug-likeness (QED) is 0.216. The number of aromatic amines is 1. The smallest absolute Gasteiger partial charge is 0.289 e. The summed E-state index contributed by atoms with van der Waals surface area (Å²) in [5.74, 6) is -2.95. The average Bonchev–Trinajstić information content (AvgIpc) is 3.73. The van der Waals surface area contributed by atoms with Gasteiger partial charge in [-0.25, -0.2) is 0 Å². The molecule has 45 heavy (non-hydrogen) atoms. The van der Waals surface area contributed by atoms with E-state index in [1.165, 1.54) is 4.90 Å². The molecule has 3 heterocycles. The zero-order valence-corrected chi connectivity index (χ0v) is 25.1. The molecule has 10 heteroatoms. The normalized spacial score (nSPS) is 19.4. The van der Waals surface area contributed by atoms with E-state index < -0.39 is 41.0 Å². The Labute approximate surface area is 260 Å². The maximum atomic E-state index is 14.4.